The van der Waals surface area contributed by atoms with Crippen molar-refractivity contribution in [1.29, 1.82) is 0 Å². The fourth-order valence-electron chi connectivity index (χ4n) is 2.05. The second kappa shape index (κ2) is 7.36. The van der Waals surface area contributed by atoms with Gasteiger partial charge in [-0.1, -0.05) is 13.3 Å². The molecule has 1 fully saturated rings. The highest BCUT2D eigenvalue weighted by atomic mass is 16.5. The number of rotatable bonds is 7. The average molecular weight is 257 g/mol. The lowest BCUT2D eigenvalue weighted by Crippen LogP contribution is -2.39. The van der Waals surface area contributed by atoms with Crippen LogP contribution in [0, 0.1) is 5.92 Å². The Kier molecular flexibility index (Phi) is 6.12. The number of carbonyl (C=O) groups excluding carboxylic acids is 1. The lowest BCUT2D eigenvalue weighted by Gasteiger charge is -2.17. The van der Waals surface area contributed by atoms with Crippen LogP contribution in [-0.2, 0) is 14.3 Å². The molecule has 5 heteroatoms. The minimum absolute atomic E-state index is 0.0358. The van der Waals surface area contributed by atoms with Crippen LogP contribution in [0.1, 0.15) is 46.0 Å². The molecule has 3 atom stereocenters. The van der Waals surface area contributed by atoms with E-state index in [-0.39, 0.29) is 24.0 Å². The summed E-state index contributed by atoms with van der Waals surface area (Å²) in [7, 11) is 0. The second-order valence-corrected chi connectivity index (χ2v) is 5.08. The van der Waals surface area contributed by atoms with Crippen LogP contribution in [0.15, 0.2) is 0 Å². The van der Waals surface area contributed by atoms with E-state index in [9.17, 15) is 9.59 Å². The van der Waals surface area contributed by atoms with Gasteiger partial charge in [-0.05, 0) is 32.6 Å². The first-order valence-electron chi connectivity index (χ1n) is 6.65. The van der Waals surface area contributed by atoms with E-state index in [4.69, 9.17) is 9.84 Å². The third-order valence-electron chi connectivity index (χ3n) is 3.31. The molecule has 1 aliphatic heterocycles. The van der Waals surface area contributed by atoms with E-state index in [1.165, 1.54) is 0 Å². The van der Waals surface area contributed by atoms with Crippen molar-refractivity contribution in [2.24, 2.45) is 5.92 Å². The monoisotopic (exact) mass is 257 g/mol. The molecule has 0 spiro atoms. The number of hydrogen-bond donors (Lipinski definition) is 2. The zero-order valence-electron chi connectivity index (χ0n) is 11.1. The molecular weight excluding hydrogens is 234 g/mol. The van der Waals surface area contributed by atoms with Crippen LogP contribution in [0.25, 0.3) is 0 Å². The summed E-state index contributed by atoms with van der Waals surface area (Å²) in [5, 5.41) is 11.7. The summed E-state index contributed by atoms with van der Waals surface area (Å²) in [5.74, 6) is -1.11. The van der Waals surface area contributed by atoms with Gasteiger partial charge in [-0.3, -0.25) is 9.59 Å². The molecule has 0 aliphatic carbocycles. The van der Waals surface area contributed by atoms with Crippen molar-refractivity contribution in [1.82, 2.24) is 5.32 Å². The van der Waals surface area contributed by atoms with Gasteiger partial charge >= 0.3 is 5.97 Å². The Hall–Kier alpha value is -1.10. The Morgan fingerprint density at radius 3 is 2.67 bits per heavy atom. The van der Waals surface area contributed by atoms with Crippen LogP contribution in [0.2, 0.25) is 0 Å². The third-order valence-corrected chi connectivity index (χ3v) is 3.31. The van der Waals surface area contributed by atoms with E-state index in [0.717, 1.165) is 25.7 Å². The van der Waals surface area contributed by atoms with E-state index >= 15 is 0 Å². The molecule has 1 aliphatic rings. The fraction of sp³-hybridized carbons (Fsp3) is 0.846. The Morgan fingerprint density at radius 1 is 1.39 bits per heavy atom. The summed E-state index contributed by atoms with van der Waals surface area (Å²) >= 11 is 0. The lowest BCUT2D eigenvalue weighted by atomic mass is 10.0. The zero-order chi connectivity index (χ0) is 13.5. The number of carboxylic acids is 1. The molecule has 1 saturated heterocycles. The summed E-state index contributed by atoms with van der Waals surface area (Å²) in [6.45, 7) is 4.32. The van der Waals surface area contributed by atoms with E-state index in [0.29, 0.717) is 13.0 Å². The van der Waals surface area contributed by atoms with Gasteiger partial charge in [-0.25, -0.2) is 0 Å². The molecule has 2 N–H and O–H groups in total. The first-order valence-corrected chi connectivity index (χ1v) is 6.65. The molecule has 0 aromatic rings. The minimum atomic E-state index is -0.758. The number of nitrogens with one attached hydrogen (secondary N) is 1. The molecule has 1 amide bonds. The van der Waals surface area contributed by atoms with Gasteiger partial charge in [0.1, 0.15) is 6.10 Å². The van der Waals surface area contributed by atoms with Crippen molar-refractivity contribution in [3.8, 4) is 0 Å². The SMILES string of the molecule is CC(CCCC(C)C(=O)O)NC(=O)[C@H]1CCCO1. The van der Waals surface area contributed by atoms with Crippen LogP contribution in [0.3, 0.4) is 0 Å². The molecule has 0 bridgehead atoms. The highest BCUT2D eigenvalue weighted by molar-refractivity contribution is 5.81. The van der Waals surface area contributed by atoms with E-state index < -0.39 is 5.97 Å². The van der Waals surface area contributed by atoms with Gasteiger partial charge in [0.25, 0.3) is 0 Å². The lowest BCUT2D eigenvalue weighted by molar-refractivity contribution is -0.141. The molecule has 0 radical (unpaired) electrons. The van der Waals surface area contributed by atoms with Crippen LogP contribution < -0.4 is 5.32 Å². The summed E-state index contributed by atoms with van der Waals surface area (Å²) < 4.78 is 5.30. The van der Waals surface area contributed by atoms with Gasteiger partial charge in [-0.2, -0.15) is 0 Å². The van der Waals surface area contributed by atoms with Crippen LogP contribution in [0.4, 0.5) is 0 Å². The molecule has 5 nitrogen and oxygen atoms in total. The number of aliphatic carboxylic acids is 1. The van der Waals surface area contributed by atoms with Crippen molar-refractivity contribution in [2.75, 3.05) is 6.61 Å². The number of carboxylic acid groups (broad SMARTS) is 1. The van der Waals surface area contributed by atoms with E-state index in [2.05, 4.69) is 5.32 Å². The quantitative estimate of drug-likeness (QED) is 0.725. The predicted molar refractivity (Wildman–Crippen MR) is 67.2 cm³/mol. The standard InChI is InChI=1S/C13H23NO4/c1-9(13(16)17)5-3-6-10(2)14-12(15)11-7-4-8-18-11/h9-11H,3-8H2,1-2H3,(H,14,15)(H,16,17)/t9?,10?,11-/m1/s1. The Labute approximate surface area is 108 Å². The van der Waals surface area contributed by atoms with Gasteiger partial charge in [0, 0.05) is 12.6 Å². The normalized spacial score (nSPS) is 22.4. The summed E-state index contributed by atoms with van der Waals surface area (Å²) in [5.41, 5.74) is 0. The van der Waals surface area contributed by atoms with Crippen LogP contribution in [-0.4, -0.2) is 35.7 Å². The molecule has 18 heavy (non-hydrogen) atoms. The first-order chi connectivity index (χ1) is 8.50. The summed E-state index contributed by atoms with van der Waals surface area (Å²) in [6, 6.07) is 0.0719. The second-order valence-electron chi connectivity index (χ2n) is 5.08. The third kappa shape index (κ3) is 5.04. The fourth-order valence-corrected chi connectivity index (χ4v) is 2.05. The van der Waals surface area contributed by atoms with Gasteiger partial charge in [0.05, 0.1) is 5.92 Å². The molecule has 1 rings (SSSR count). The van der Waals surface area contributed by atoms with E-state index in [1.54, 1.807) is 6.92 Å². The largest absolute Gasteiger partial charge is 0.481 e. The Bertz CT molecular complexity index is 287. The molecule has 1 heterocycles. The predicted octanol–water partition coefficient (Wildman–Crippen LogP) is 1.56. The maximum absolute atomic E-state index is 11.7. The molecule has 0 aromatic carbocycles. The highest BCUT2D eigenvalue weighted by Crippen LogP contribution is 2.13. The summed E-state index contributed by atoms with van der Waals surface area (Å²) in [6.07, 6.45) is 3.72. The first kappa shape index (κ1) is 15.0. The molecule has 104 valence electrons. The maximum atomic E-state index is 11.7. The topological polar surface area (TPSA) is 75.6 Å². The smallest absolute Gasteiger partial charge is 0.306 e. The van der Waals surface area contributed by atoms with Gasteiger partial charge in [0.15, 0.2) is 0 Å². The minimum Gasteiger partial charge on any atom is -0.481 e. The van der Waals surface area contributed by atoms with Crippen molar-refractivity contribution in [3.05, 3.63) is 0 Å². The number of ether oxygens (including phenoxy) is 1. The number of amides is 1. The Morgan fingerprint density at radius 2 is 2.11 bits per heavy atom. The maximum Gasteiger partial charge on any atom is 0.306 e. The van der Waals surface area contributed by atoms with Crippen LogP contribution in [0.5, 0.6) is 0 Å². The summed E-state index contributed by atoms with van der Waals surface area (Å²) in [4.78, 5) is 22.4. The van der Waals surface area contributed by atoms with Crippen molar-refractivity contribution >= 4 is 11.9 Å². The molecule has 0 aromatic heterocycles. The zero-order valence-corrected chi connectivity index (χ0v) is 11.1. The van der Waals surface area contributed by atoms with Gasteiger partial charge in [0.2, 0.25) is 5.91 Å². The highest BCUT2D eigenvalue weighted by Gasteiger charge is 2.24. The van der Waals surface area contributed by atoms with Crippen molar-refractivity contribution in [3.63, 3.8) is 0 Å². The van der Waals surface area contributed by atoms with Gasteiger partial charge < -0.3 is 15.2 Å². The number of hydrogen-bond acceptors (Lipinski definition) is 3. The van der Waals surface area contributed by atoms with Crippen LogP contribution >= 0.6 is 0 Å². The van der Waals surface area contributed by atoms with Crippen molar-refractivity contribution < 1.29 is 19.4 Å². The molecular formula is C13H23NO4. The Balaban J connectivity index is 2.14. The van der Waals surface area contributed by atoms with Crippen molar-refractivity contribution in [2.45, 2.75) is 58.1 Å². The van der Waals surface area contributed by atoms with Gasteiger partial charge in [-0.15, -0.1) is 0 Å². The average Bonchev–Trinajstić information content (AvgIpc) is 2.81. The molecule has 2 unspecified atom stereocenters. The van der Waals surface area contributed by atoms with E-state index in [1.807, 2.05) is 6.92 Å². The number of carbonyl (C=O) groups is 2. The molecule has 0 saturated carbocycles.